The second kappa shape index (κ2) is 4.45. The molecule has 1 saturated carbocycles. The number of nitrogens with zero attached hydrogens (tertiary/aromatic N) is 1. The maximum Gasteiger partial charge on any atom is 0.273 e. The number of nitrogens with two attached hydrogens (primary N) is 1. The van der Waals surface area contributed by atoms with Crippen molar-refractivity contribution in [3.63, 3.8) is 0 Å². The number of rotatable bonds is 4. The number of hydrogen-bond acceptors (Lipinski definition) is 3. The molecule has 4 heteroatoms. The van der Waals surface area contributed by atoms with E-state index in [4.69, 9.17) is 5.73 Å². The molecule has 0 unspecified atom stereocenters. The minimum absolute atomic E-state index is 0.0392. The van der Waals surface area contributed by atoms with Crippen LogP contribution >= 0.6 is 0 Å². The van der Waals surface area contributed by atoms with Crippen molar-refractivity contribution in [3.05, 3.63) is 39.4 Å². The quantitative estimate of drug-likeness (QED) is 0.643. The van der Waals surface area contributed by atoms with Crippen LogP contribution in [0.15, 0.2) is 18.2 Å². The Morgan fingerprint density at radius 1 is 1.47 bits per heavy atom. The fourth-order valence-electron chi connectivity index (χ4n) is 3.00. The van der Waals surface area contributed by atoms with Gasteiger partial charge < -0.3 is 5.73 Å². The summed E-state index contributed by atoms with van der Waals surface area (Å²) < 4.78 is 0. The van der Waals surface area contributed by atoms with Crippen LogP contribution in [0.4, 0.5) is 5.69 Å². The maximum absolute atomic E-state index is 11.1. The van der Waals surface area contributed by atoms with Crippen LogP contribution in [0.2, 0.25) is 0 Å². The predicted molar refractivity (Wildman–Crippen MR) is 67.0 cm³/mol. The Hall–Kier alpha value is -1.42. The fourth-order valence-corrected chi connectivity index (χ4v) is 3.00. The summed E-state index contributed by atoms with van der Waals surface area (Å²) in [6.07, 6.45) is 4.04. The second-order valence-electron chi connectivity index (χ2n) is 4.90. The molecular formula is C13H18N2O2. The average molecular weight is 234 g/mol. The Balaban J connectivity index is 2.52. The SMILES string of the molecule is Cc1cccc([N+](=O)[O-])c1C1(CCN)CCC1. The van der Waals surface area contributed by atoms with Gasteiger partial charge in [-0.25, -0.2) is 0 Å². The zero-order valence-electron chi connectivity index (χ0n) is 10.1. The van der Waals surface area contributed by atoms with Crippen LogP contribution in [-0.2, 0) is 5.41 Å². The Morgan fingerprint density at radius 3 is 2.65 bits per heavy atom. The molecule has 17 heavy (non-hydrogen) atoms. The highest BCUT2D eigenvalue weighted by Crippen LogP contribution is 2.50. The van der Waals surface area contributed by atoms with Gasteiger partial charge in [-0.1, -0.05) is 18.6 Å². The van der Waals surface area contributed by atoms with Crippen molar-refractivity contribution >= 4 is 5.69 Å². The Kier molecular flexibility index (Phi) is 3.15. The van der Waals surface area contributed by atoms with Gasteiger partial charge in [-0.3, -0.25) is 10.1 Å². The van der Waals surface area contributed by atoms with E-state index in [2.05, 4.69) is 0 Å². The maximum atomic E-state index is 11.1. The monoisotopic (exact) mass is 234 g/mol. The Morgan fingerprint density at radius 2 is 2.18 bits per heavy atom. The smallest absolute Gasteiger partial charge is 0.273 e. The molecule has 1 aromatic rings. The molecule has 0 heterocycles. The minimum Gasteiger partial charge on any atom is -0.330 e. The lowest BCUT2D eigenvalue weighted by Gasteiger charge is -2.42. The third-order valence-corrected chi connectivity index (χ3v) is 3.91. The van der Waals surface area contributed by atoms with Crippen molar-refractivity contribution in [1.82, 2.24) is 0 Å². The van der Waals surface area contributed by atoms with Gasteiger partial charge >= 0.3 is 0 Å². The highest BCUT2D eigenvalue weighted by Gasteiger charge is 2.42. The lowest BCUT2D eigenvalue weighted by Crippen LogP contribution is -2.37. The third-order valence-electron chi connectivity index (χ3n) is 3.91. The fraction of sp³-hybridized carbons (Fsp3) is 0.538. The molecule has 0 radical (unpaired) electrons. The lowest BCUT2D eigenvalue weighted by atomic mass is 9.61. The largest absolute Gasteiger partial charge is 0.330 e. The molecule has 92 valence electrons. The third kappa shape index (κ3) is 1.93. The van der Waals surface area contributed by atoms with Crippen molar-refractivity contribution in [3.8, 4) is 0 Å². The topological polar surface area (TPSA) is 69.2 Å². The van der Waals surface area contributed by atoms with E-state index in [1.165, 1.54) is 0 Å². The first kappa shape index (κ1) is 12.0. The summed E-state index contributed by atoms with van der Waals surface area (Å²) in [4.78, 5) is 10.9. The standard InChI is InChI=1S/C13H18N2O2/c1-10-4-2-5-11(15(16)17)12(10)13(8-9-14)6-3-7-13/h2,4-5H,3,6-9,14H2,1H3. The van der Waals surface area contributed by atoms with Crippen molar-refractivity contribution in [2.24, 2.45) is 5.73 Å². The van der Waals surface area contributed by atoms with E-state index in [0.29, 0.717) is 6.54 Å². The zero-order valence-corrected chi connectivity index (χ0v) is 10.1. The van der Waals surface area contributed by atoms with Gasteiger partial charge in [0.05, 0.1) is 4.92 Å². The summed E-state index contributed by atoms with van der Waals surface area (Å²) in [6.45, 7) is 2.55. The molecule has 0 saturated heterocycles. The van der Waals surface area contributed by atoms with E-state index in [0.717, 1.165) is 36.8 Å². The van der Waals surface area contributed by atoms with E-state index in [1.807, 2.05) is 13.0 Å². The Labute approximate surface area is 101 Å². The summed E-state index contributed by atoms with van der Waals surface area (Å²) in [5.74, 6) is 0. The number of benzene rings is 1. The van der Waals surface area contributed by atoms with Gasteiger partial charge in [-0.2, -0.15) is 0 Å². The molecular weight excluding hydrogens is 216 g/mol. The van der Waals surface area contributed by atoms with E-state index in [9.17, 15) is 10.1 Å². The van der Waals surface area contributed by atoms with Crippen molar-refractivity contribution in [1.29, 1.82) is 0 Å². The van der Waals surface area contributed by atoms with Gasteiger partial charge in [0.2, 0.25) is 0 Å². The van der Waals surface area contributed by atoms with Crippen LogP contribution in [0.1, 0.15) is 36.8 Å². The molecule has 0 aliphatic heterocycles. The molecule has 1 fully saturated rings. The lowest BCUT2D eigenvalue weighted by molar-refractivity contribution is -0.386. The predicted octanol–water partition coefficient (Wildman–Crippen LogP) is 2.67. The van der Waals surface area contributed by atoms with Crippen LogP contribution in [0, 0.1) is 17.0 Å². The molecule has 1 aromatic carbocycles. The average Bonchev–Trinajstić information content (AvgIpc) is 2.23. The molecule has 0 atom stereocenters. The van der Waals surface area contributed by atoms with Crippen LogP contribution in [-0.4, -0.2) is 11.5 Å². The van der Waals surface area contributed by atoms with Gasteiger partial charge in [0.1, 0.15) is 0 Å². The first-order valence-corrected chi connectivity index (χ1v) is 6.05. The van der Waals surface area contributed by atoms with Crippen LogP contribution in [0.3, 0.4) is 0 Å². The summed E-state index contributed by atoms with van der Waals surface area (Å²) in [5.41, 5.74) is 7.83. The summed E-state index contributed by atoms with van der Waals surface area (Å²) in [6, 6.07) is 5.32. The van der Waals surface area contributed by atoms with Gasteiger partial charge in [-0.05, 0) is 38.3 Å². The number of nitro benzene ring substituents is 1. The van der Waals surface area contributed by atoms with Crippen LogP contribution in [0.25, 0.3) is 0 Å². The minimum atomic E-state index is -0.265. The molecule has 1 aliphatic carbocycles. The van der Waals surface area contributed by atoms with Crippen molar-refractivity contribution in [2.75, 3.05) is 6.54 Å². The molecule has 2 rings (SSSR count). The summed E-state index contributed by atoms with van der Waals surface area (Å²) >= 11 is 0. The molecule has 1 aliphatic rings. The molecule has 0 spiro atoms. The molecule has 4 nitrogen and oxygen atoms in total. The summed E-state index contributed by atoms with van der Waals surface area (Å²) in [5, 5.41) is 11.1. The Bertz CT molecular complexity index is 439. The number of aryl methyl sites for hydroxylation is 1. The van der Waals surface area contributed by atoms with Crippen molar-refractivity contribution in [2.45, 2.75) is 38.0 Å². The number of nitro groups is 1. The zero-order chi connectivity index (χ0) is 12.5. The highest BCUT2D eigenvalue weighted by atomic mass is 16.6. The van der Waals surface area contributed by atoms with Gasteiger partial charge in [0, 0.05) is 17.0 Å². The van der Waals surface area contributed by atoms with Gasteiger partial charge in [0.25, 0.3) is 5.69 Å². The van der Waals surface area contributed by atoms with E-state index >= 15 is 0 Å². The first-order chi connectivity index (χ1) is 8.10. The highest BCUT2D eigenvalue weighted by molar-refractivity contribution is 5.51. The first-order valence-electron chi connectivity index (χ1n) is 6.05. The molecule has 0 amide bonds. The normalized spacial score (nSPS) is 17.5. The van der Waals surface area contributed by atoms with E-state index in [-0.39, 0.29) is 16.0 Å². The van der Waals surface area contributed by atoms with E-state index in [1.54, 1.807) is 12.1 Å². The van der Waals surface area contributed by atoms with Crippen LogP contribution in [0.5, 0.6) is 0 Å². The summed E-state index contributed by atoms with van der Waals surface area (Å²) in [7, 11) is 0. The molecule has 2 N–H and O–H groups in total. The van der Waals surface area contributed by atoms with Crippen LogP contribution < -0.4 is 5.73 Å². The molecule has 0 aromatic heterocycles. The van der Waals surface area contributed by atoms with Crippen molar-refractivity contribution < 1.29 is 4.92 Å². The van der Waals surface area contributed by atoms with Gasteiger partial charge in [-0.15, -0.1) is 0 Å². The number of hydrogen-bond donors (Lipinski definition) is 1. The van der Waals surface area contributed by atoms with E-state index < -0.39 is 0 Å². The van der Waals surface area contributed by atoms with Gasteiger partial charge in [0.15, 0.2) is 0 Å². The molecule has 0 bridgehead atoms. The second-order valence-corrected chi connectivity index (χ2v) is 4.90.